The van der Waals surface area contributed by atoms with Gasteiger partial charge in [-0.2, -0.15) is 0 Å². The highest BCUT2D eigenvalue weighted by atomic mass is 32.2. The van der Waals surface area contributed by atoms with E-state index in [-0.39, 0.29) is 37.8 Å². The highest BCUT2D eigenvalue weighted by Crippen LogP contribution is 2.43. The summed E-state index contributed by atoms with van der Waals surface area (Å²) in [6.45, 7) is 2.08. The van der Waals surface area contributed by atoms with Gasteiger partial charge in [-0.25, -0.2) is 9.69 Å². The predicted molar refractivity (Wildman–Crippen MR) is 172 cm³/mol. The molecule has 2 fully saturated rings. The quantitative estimate of drug-likeness (QED) is 0.185. The number of aliphatic hydroxyl groups is 1. The fourth-order valence-corrected chi connectivity index (χ4v) is 6.62. The van der Waals surface area contributed by atoms with Gasteiger partial charge in [-0.3, -0.25) is 9.59 Å². The third kappa shape index (κ3) is 7.38. The van der Waals surface area contributed by atoms with Crippen molar-refractivity contribution in [1.82, 2.24) is 20.1 Å². The van der Waals surface area contributed by atoms with E-state index in [1.54, 1.807) is 42.4 Å². The SMILES string of the molecule is C[C@H]1[C@@H](CSc2nncn2C)O[C@@H](c2ccc(N3C(=O)CC(NC(=O)OCc4ccccc4)C3=O)cc2)O[C@H]1c1ccc(CO)cc1. The summed E-state index contributed by atoms with van der Waals surface area (Å²) in [5.41, 5.74) is 3.66. The first-order valence-electron chi connectivity index (χ1n) is 15.2. The number of aromatic nitrogens is 3. The van der Waals surface area contributed by atoms with Gasteiger partial charge in [0.1, 0.15) is 19.0 Å². The zero-order valence-corrected chi connectivity index (χ0v) is 26.7. The molecule has 47 heavy (non-hydrogen) atoms. The molecular weight excluding hydrogens is 622 g/mol. The average molecular weight is 658 g/mol. The van der Waals surface area contributed by atoms with Crippen molar-refractivity contribution in [1.29, 1.82) is 0 Å². The second kappa shape index (κ2) is 14.5. The molecule has 0 saturated carbocycles. The number of rotatable bonds is 10. The summed E-state index contributed by atoms with van der Waals surface area (Å²) in [6.07, 6.45) is -0.542. The van der Waals surface area contributed by atoms with Crippen LogP contribution in [0.2, 0.25) is 0 Å². The number of ether oxygens (including phenoxy) is 3. The third-order valence-corrected chi connectivity index (χ3v) is 9.37. The zero-order valence-electron chi connectivity index (χ0n) is 25.9. The molecule has 0 bridgehead atoms. The van der Waals surface area contributed by atoms with Crippen LogP contribution in [-0.2, 0) is 44.1 Å². The number of amides is 3. The number of aliphatic hydroxyl groups excluding tert-OH is 1. The fourth-order valence-electron chi connectivity index (χ4n) is 5.57. The normalized spacial score (nSPS) is 22.8. The zero-order chi connectivity index (χ0) is 32.9. The highest BCUT2D eigenvalue weighted by molar-refractivity contribution is 7.99. The van der Waals surface area contributed by atoms with Crippen LogP contribution in [0.5, 0.6) is 0 Å². The molecular formula is C34H35N5O7S. The van der Waals surface area contributed by atoms with Crippen LogP contribution in [0.25, 0.3) is 0 Å². The summed E-state index contributed by atoms with van der Waals surface area (Å²) in [6, 6.07) is 22.7. The Balaban J connectivity index is 1.14. The standard InChI is InChI=1S/C34H35N5O7S/c1-21-28(19-47-33-37-35-20-38(33)2)45-32(46-30(21)24-10-8-22(17-40)9-11-24)25-12-14-26(15-13-25)39-29(41)16-27(31(39)42)36-34(43)44-18-23-6-4-3-5-7-23/h3-15,20-21,27-28,30,32,40H,16-19H2,1-2H3,(H,36,43)/t21-,27?,28+,30+,32+/m0/s1. The summed E-state index contributed by atoms with van der Waals surface area (Å²) in [5, 5.41) is 20.9. The Labute approximate surface area is 276 Å². The van der Waals surface area contributed by atoms with Gasteiger partial charge in [-0.15, -0.1) is 10.2 Å². The minimum atomic E-state index is -1.03. The van der Waals surface area contributed by atoms with Gasteiger partial charge in [0.2, 0.25) is 5.91 Å². The minimum Gasteiger partial charge on any atom is -0.445 e. The van der Waals surface area contributed by atoms with Gasteiger partial charge in [0.05, 0.1) is 30.9 Å². The average Bonchev–Trinajstić information content (AvgIpc) is 3.63. The summed E-state index contributed by atoms with van der Waals surface area (Å²) >= 11 is 1.55. The van der Waals surface area contributed by atoms with Crippen LogP contribution in [0.4, 0.5) is 10.5 Å². The number of hydrogen-bond donors (Lipinski definition) is 2. The second-order valence-electron chi connectivity index (χ2n) is 11.5. The number of aryl methyl sites for hydroxylation is 1. The summed E-state index contributed by atoms with van der Waals surface area (Å²) in [4.78, 5) is 39.5. The second-order valence-corrected chi connectivity index (χ2v) is 12.5. The molecule has 1 unspecified atom stereocenters. The summed E-state index contributed by atoms with van der Waals surface area (Å²) < 4.78 is 20.1. The first-order chi connectivity index (χ1) is 22.8. The Morgan fingerprint density at radius 3 is 2.40 bits per heavy atom. The van der Waals surface area contributed by atoms with Crippen LogP contribution >= 0.6 is 11.8 Å². The van der Waals surface area contributed by atoms with E-state index in [9.17, 15) is 19.5 Å². The number of thioether (sulfide) groups is 1. The van der Waals surface area contributed by atoms with Gasteiger partial charge < -0.3 is 29.2 Å². The van der Waals surface area contributed by atoms with Crippen molar-refractivity contribution in [2.24, 2.45) is 13.0 Å². The van der Waals surface area contributed by atoms with E-state index in [1.807, 2.05) is 66.2 Å². The molecule has 5 atom stereocenters. The van der Waals surface area contributed by atoms with Crippen molar-refractivity contribution >= 4 is 35.4 Å². The van der Waals surface area contributed by atoms with E-state index in [4.69, 9.17) is 14.2 Å². The van der Waals surface area contributed by atoms with E-state index >= 15 is 0 Å². The molecule has 3 aromatic carbocycles. The Morgan fingerprint density at radius 2 is 1.72 bits per heavy atom. The molecule has 244 valence electrons. The molecule has 3 amide bonds. The molecule has 12 nitrogen and oxygen atoms in total. The Kier molecular flexibility index (Phi) is 9.97. The number of benzene rings is 3. The van der Waals surface area contributed by atoms with Crippen molar-refractivity contribution < 1.29 is 33.7 Å². The van der Waals surface area contributed by atoms with Crippen LogP contribution in [0.1, 0.15) is 48.0 Å². The predicted octanol–water partition coefficient (Wildman–Crippen LogP) is 4.45. The van der Waals surface area contributed by atoms with Crippen molar-refractivity contribution in [2.75, 3.05) is 10.7 Å². The largest absolute Gasteiger partial charge is 0.445 e. The lowest BCUT2D eigenvalue weighted by Crippen LogP contribution is -2.42. The first-order valence-corrected chi connectivity index (χ1v) is 16.2. The minimum absolute atomic E-state index is 0.0186. The van der Waals surface area contributed by atoms with Crippen LogP contribution < -0.4 is 10.2 Å². The maximum atomic E-state index is 13.2. The van der Waals surface area contributed by atoms with Gasteiger partial charge in [0.25, 0.3) is 5.91 Å². The Bertz CT molecular complexity index is 1700. The topological polar surface area (TPSA) is 145 Å². The van der Waals surface area contributed by atoms with Crippen LogP contribution in [-0.4, -0.2) is 55.7 Å². The van der Waals surface area contributed by atoms with Gasteiger partial charge in [0.15, 0.2) is 11.4 Å². The monoisotopic (exact) mass is 657 g/mol. The molecule has 6 rings (SSSR count). The molecule has 0 aliphatic carbocycles. The van der Waals surface area contributed by atoms with Crippen molar-refractivity contribution in [2.45, 2.75) is 56.3 Å². The Hall–Kier alpha value is -4.56. The number of alkyl carbamates (subject to hydrolysis) is 1. The molecule has 3 heterocycles. The third-order valence-electron chi connectivity index (χ3n) is 8.24. The molecule has 0 radical (unpaired) electrons. The van der Waals surface area contributed by atoms with E-state index in [0.717, 1.165) is 26.7 Å². The van der Waals surface area contributed by atoms with Crippen LogP contribution in [0.3, 0.4) is 0 Å². The summed E-state index contributed by atoms with van der Waals surface area (Å²) in [7, 11) is 1.89. The van der Waals surface area contributed by atoms with E-state index < -0.39 is 30.2 Å². The first kappa shape index (κ1) is 32.4. The number of carbonyl (C=O) groups is 3. The number of imide groups is 1. The van der Waals surface area contributed by atoms with Gasteiger partial charge >= 0.3 is 6.09 Å². The molecule has 0 spiro atoms. The smallest absolute Gasteiger partial charge is 0.408 e. The molecule has 4 aromatic rings. The molecule has 2 N–H and O–H groups in total. The van der Waals surface area contributed by atoms with Crippen molar-refractivity contribution in [3.63, 3.8) is 0 Å². The number of hydrogen-bond acceptors (Lipinski definition) is 10. The fraction of sp³-hybridized carbons (Fsp3) is 0.324. The number of nitrogens with zero attached hydrogens (tertiary/aromatic N) is 4. The summed E-state index contributed by atoms with van der Waals surface area (Å²) in [5.74, 6) is -0.376. The van der Waals surface area contributed by atoms with E-state index in [2.05, 4.69) is 22.4 Å². The van der Waals surface area contributed by atoms with Gasteiger partial charge in [-0.05, 0) is 28.8 Å². The van der Waals surface area contributed by atoms with E-state index in [1.165, 1.54) is 0 Å². The molecule has 2 aliphatic rings. The molecule has 13 heteroatoms. The number of carbonyl (C=O) groups excluding carboxylic acids is 3. The van der Waals surface area contributed by atoms with Crippen molar-refractivity contribution in [3.8, 4) is 0 Å². The lowest BCUT2D eigenvalue weighted by Gasteiger charge is -2.41. The van der Waals surface area contributed by atoms with Crippen molar-refractivity contribution in [3.05, 3.63) is 107 Å². The molecule has 2 aliphatic heterocycles. The highest BCUT2D eigenvalue weighted by Gasteiger charge is 2.42. The van der Waals surface area contributed by atoms with Gasteiger partial charge in [0, 0.05) is 24.3 Å². The maximum absolute atomic E-state index is 13.2. The Morgan fingerprint density at radius 1 is 1.00 bits per heavy atom. The number of nitrogens with one attached hydrogen (secondary N) is 1. The van der Waals surface area contributed by atoms with Gasteiger partial charge in [-0.1, -0.05) is 85.4 Å². The van der Waals surface area contributed by atoms with Crippen LogP contribution in [0, 0.1) is 5.92 Å². The maximum Gasteiger partial charge on any atom is 0.408 e. The number of anilines is 1. The lowest BCUT2D eigenvalue weighted by atomic mass is 9.91. The molecule has 1 aromatic heterocycles. The molecule has 2 saturated heterocycles. The lowest BCUT2D eigenvalue weighted by molar-refractivity contribution is -0.268. The van der Waals surface area contributed by atoms with Crippen LogP contribution in [0.15, 0.2) is 90.3 Å². The van der Waals surface area contributed by atoms with E-state index in [0.29, 0.717) is 17.0 Å².